The highest BCUT2D eigenvalue weighted by atomic mass is 32.2. The molecule has 2 fully saturated rings. The number of ether oxygens (including phenoxy) is 1. The molecule has 11 heteroatoms. The number of rotatable bonds is 6. The highest BCUT2D eigenvalue weighted by Gasteiger charge is 2.36. The lowest BCUT2D eigenvalue weighted by atomic mass is 10.2. The fourth-order valence-electron chi connectivity index (χ4n) is 4.54. The van der Waals surface area contributed by atoms with Gasteiger partial charge >= 0.3 is 6.18 Å². The second-order valence-electron chi connectivity index (χ2n) is 8.60. The minimum absolute atomic E-state index is 0.0330. The Balaban J connectivity index is 1.48. The topological polar surface area (TPSA) is 78.1 Å². The molecule has 0 atom stereocenters. The molecular formula is C23H27F3N6OS. The van der Waals surface area contributed by atoms with E-state index in [2.05, 4.69) is 29.9 Å². The molecule has 0 radical (unpaired) electrons. The van der Waals surface area contributed by atoms with E-state index < -0.39 is 11.7 Å². The molecule has 182 valence electrons. The van der Waals surface area contributed by atoms with E-state index in [1.807, 2.05) is 18.2 Å². The molecule has 3 aromatic rings. The van der Waals surface area contributed by atoms with Crippen LogP contribution in [0.2, 0.25) is 0 Å². The third kappa shape index (κ3) is 4.70. The molecule has 0 bridgehead atoms. The van der Waals surface area contributed by atoms with Crippen LogP contribution in [0.5, 0.6) is 5.75 Å². The molecule has 3 heterocycles. The molecular weight excluding hydrogens is 465 g/mol. The lowest BCUT2D eigenvalue weighted by molar-refractivity contribution is -0.136. The molecule has 0 amide bonds. The largest absolute Gasteiger partial charge is 0.494 e. The highest BCUT2D eigenvalue weighted by Crippen LogP contribution is 2.40. The zero-order valence-electron chi connectivity index (χ0n) is 18.8. The van der Waals surface area contributed by atoms with E-state index in [1.165, 1.54) is 6.42 Å². The average molecular weight is 493 g/mol. The Bertz CT molecular complexity index is 1160. The maximum atomic E-state index is 13.6. The Morgan fingerprint density at radius 3 is 2.68 bits per heavy atom. The van der Waals surface area contributed by atoms with Gasteiger partial charge in [0.25, 0.3) is 0 Å². The number of benzene rings is 1. The van der Waals surface area contributed by atoms with Crippen LogP contribution in [0.1, 0.15) is 44.1 Å². The number of methoxy groups -OCH3 is 1. The van der Waals surface area contributed by atoms with E-state index in [0.29, 0.717) is 11.4 Å². The van der Waals surface area contributed by atoms with Gasteiger partial charge in [-0.15, -0.1) is 0 Å². The second-order valence-corrected chi connectivity index (χ2v) is 9.70. The predicted molar refractivity (Wildman–Crippen MR) is 130 cm³/mol. The van der Waals surface area contributed by atoms with Crippen LogP contribution in [0, 0.1) is 0 Å². The van der Waals surface area contributed by atoms with Gasteiger partial charge in [0, 0.05) is 30.6 Å². The summed E-state index contributed by atoms with van der Waals surface area (Å²) in [6.45, 7) is 0.977. The maximum Gasteiger partial charge on any atom is 0.418 e. The van der Waals surface area contributed by atoms with Crippen LogP contribution in [0.4, 0.5) is 36.3 Å². The predicted octanol–water partition coefficient (Wildman–Crippen LogP) is 6.33. The van der Waals surface area contributed by atoms with Gasteiger partial charge in [-0.3, -0.25) is 0 Å². The van der Waals surface area contributed by atoms with Gasteiger partial charge in [-0.1, -0.05) is 12.8 Å². The van der Waals surface area contributed by atoms with Crippen LogP contribution in [-0.4, -0.2) is 40.4 Å². The van der Waals surface area contributed by atoms with Crippen LogP contribution in [0.15, 0.2) is 24.4 Å². The number of aromatic amines is 1. The minimum Gasteiger partial charge on any atom is -0.494 e. The van der Waals surface area contributed by atoms with Gasteiger partial charge in [0.05, 0.1) is 29.4 Å². The Hall–Kier alpha value is -2.82. The molecule has 1 aliphatic heterocycles. The Morgan fingerprint density at radius 2 is 1.97 bits per heavy atom. The molecule has 0 spiro atoms. The van der Waals surface area contributed by atoms with Crippen LogP contribution >= 0.6 is 11.9 Å². The van der Waals surface area contributed by atoms with E-state index in [1.54, 1.807) is 19.1 Å². The molecule has 7 nitrogen and oxygen atoms in total. The van der Waals surface area contributed by atoms with E-state index in [9.17, 15) is 13.2 Å². The number of fused-ring (bicyclic) bond motifs is 1. The van der Waals surface area contributed by atoms with Crippen molar-refractivity contribution < 1.29 is 17.9 Å². The average Bonchev–Trinajstić information content (AvgIpc) is 3.50. The molecule has 1 aliphatic carbocycles. The third-order valence-electron chi connectivity index (χ3n) is 6.26. The van der Waals surface area contributed by atoms with Gasteiger partial charge < -0.3 is 24.7 Å². The Labute approximate surface area is 200 Å². The highest BCUT2D eigenvalue weighted by molar-refractivity contribution is 8.00. The minimum atomic E-state index is -4.51. The first-order chi connectivity index (χ1) is 16.4. The first-order valence-corrected chi connectivity index (χ1v) is 12.4. The van der Waals surface area contributed by atoms with Crippen LogP contribution in [0.3, 0.4) is 0 Å². The molecule has 3 N–H and O–H groups in total. The van der Waals surface area contributed by atoms with Crippen molar-refractivity contribution >= 4 is 46.1 Å². The summed E-state index contributed by atoms with van der Waals surface area (Å²) in [6.07, 6.45) is 2.72. The number of alkyl halides is 3. The summed E-state index contributed by atoms with van der Waals surface area (Å²) < 4.78 is 48.8. The lowest BCUT2D eigenvalue weighted by Gasteiger charge is -2.28. The SMILES string of the molecule is COc1cc(N2CCCCS2)ccc1Nc1nc(NC2CCCC2)c2c(C(F)(F)F)c[nH]c2n1. The smallest absolute Gasteiger partial charge is 0.418 e. The van der Waals surface area contributed by atoms with Crippen molar-refractivity contribution in [3.05, 3.63) is 30.0 Å². The van der Waals surface area contributed by atoms with E-state index in [4.69, 9.17) is 4.74 Å². The molecule has 1 aromatic carbocycles. The second kappa shape index (κ2) is 9.44. The zero-order valence-corrected chi connectivity index (χ0v) is 19.7. The van der Waals surface area contributed by atoms with Crippen molar-refractivity contribution in [2.45, 2.75) is 50.7 Å². The standard InChI is InChI=1S/C23H27F3N6OS/c1-33-18-12-15(32-10-4-5-11-34-32)8-9-17(18)29-22-30-20-19(16(13-27-20)23(24,25)26)21(31-22)28-14-6-2-3-7-14/h8-9,12-14H,2-7,10-11H2,1H3,(H3,27,28,29,30,31). The Morgan fingerprint density at radius 1 is 1.15 bits per heavy atom. The van der Waals surface area contributed by atoms with Crippen molar-refractivity contribution in [1.29, 1.82) is 0 Å². The molecule has 5 rings (SSSR count). The fourth-order valence-corrected chi connectivity index (χ4v) is 5.61. The molecule has 34 heavy (non-hydrogen) atoms. The van der Waals surface area contributed by atoms with Gasteiger partial charge in [0.15, 0.2) is 0 Å². The first kappa shape index (κ1) is 22.9. The number of nitrogens with zero attached hydrogens (tertiary/aromatic N) is 3. The maximum absolute atomic E-state index is 13.6. The normalized spacial score (nSPS) is 17.4. The van der Waals surface area contributed by atoms with E-state index >= 15 is 0 Å². The number of anilines is 4. The summed E-state index contributed by atoms with van der Waals surface area (Å²) in [5.74, 6) is 2.08. The molecule has 2 aliphatic rings. The Kier molecular flexibility index (Phi) is 6.37. The summed E-state index contributed by atoms with van der Waals surface area (Å²) in [6, 6.07) is 5.93. The van der Waals surface area contributed by atoms with Gasteiger partial charge in [-0.25, -0.2) is 0 Å². The van der Waals surface area contributed by atoms with E-state index in [0.717, 1.165) is 56.3 Å². The van der Waals surface area contributed by atoms with Gasteiger partial charge in [0.1, 0.15) is 17.2 Å². The summed E-state index contributed by atoms with van der Waals surface area (Å²) in [4.78, 5) is 11.5. The van der Waals surface area contributed by atoms with Crippen molar-refractivity contribution in [2.75, 3.05) is 34.3 Å². The van der Waals surface area contributed by atoms with Crippen LogP contribution < -0.4 is 19.7 Å². The molecule has 2 aromatic heterocycles. The quantitative estimate of drug-likeness (QED) is 0.347. The van der Waals surface area contributed by atoms with Gasteiger partial charge in [0.2, 0.25) is 5.95 Å². The zero-order chi connectivity index (χ0) is 23.7. The molecule has 1 saturated heterocycles. The van der Waals surface area contributed by atoms with E-state index in [-0.39, 0.29) is 28.8 Å². The number of hydrogen-bond acceptors (Lipinski definition) is 7. The first-order valence-electron chi connectivity index (χ1n) is 11.5. The summed E-state index contributed by atoms with van der Waals surface area (Å²) in [5.41, 5.74) is 1.05. The van der Waals surface area contributed by atoms with Crippen LogP contribution in [0.25, 0.3) is 11.0 Å². The third-order valence-corrected chi connectivity index (χ3v) is 7.43. The lowest BCUT2D eigenvalue weighted by Crippen LogP contribution is -2.21. The fraction of sp³-hybridized carbons (Fsp3) is 0.478. The van der Waals surface area contributed by atoms with Crippen molar-refractivity contribution in [3.8, 4) is 5.75 Å². The molecule has 0 unspecified atom stereocenters. The number of nitrogens with one attached hydrogen (secondary N) is 3. The monoisotopic (exact) mass is 492 g/mol. The molecule has 1 saturated carbocycles. The summed E-state index contributed by atoms with van der Waals surface area (Å²) >= 11 is 1.80. The summed E-state index contributed by atoms with van der Waals surface area (Å²) in [5, 5.41) is 6.35. The number of halogens is 3. The van der Waals surface area contributed by atoms with Gasteiger partial charge in [-0.05, 0) is 49.8 Å². The number of H-pyrrole nitrogens is 1. The van der Waals surface area contributed by atoms with Crippen molar-refractivity contribution in [1.82, 2.24) is 15.0 Å². The van der Waals surface area contributed by atoms with Gasteiger partial charge in [-0.2, -0.15) is 23.1 Å². The van der Waals surface area contributed by atoms with Crippen molar-refractivity contribution in [3.63, 3.8) is 0 Å². The van der Waals surface area contributed by atoms with Crippen molar-refractivity contribution in [2.24, 2.45) is 0 Å². The van der Waals surface area contributed by atoms with Crippen LogP contribution in [-0.2, 0) is 6.18 Å². The number of aromatic nitrogens is 3. The number of hydrogen-bond donors (Lipinski definition) is 3. The summed E-state index contributed by atoms with van der Waals surface area (Å²) in [7, 11) is 1.59.